The number of hydrogen-bond donors (Lipinski definition) is 2. The largest absolute Gasteiger partial charge is 0.480 e. The van der Waals surface area contributed by atoms with Crippen molar-refractivity contribution < 1.29 is 24.2 Å². The first-order chi connectivity index (χ1) is 10.8. The van der Waals surface area contributed by atoms with Crippen molar-refractivity contribution in [3.63, 3.8) is 0 Å². The zero-order chi connectivity index (χ0) is 17.2. The van der Waals surface area contributed by atoms with Crippen LogP contribution in [0.4, 0.5) is 4.79 Å². The SMILES string of the molecule is COC(=O)N[C@H](C(=O)N1CC2(CC1C(=O)O)SCCS2)C(C)C. The summed E-state index contributed by atoms with van der Waals surface area (Å²) in [5.74, 6) is 0.406. The van der Waals surface area contributed by atoms with E-state index in [0.29, 0.717) is 13.0 Å². The number of carbonyl (C=O) groups is 3. The van der Waals surface area contributed by atoms with Gasteiger partial charge in [-0.15, -0.1) is 23.5 Å². The molecule has 2 aliphatic heterocycles. The van der Waals surface area contributed by atoms with Gasteiger partial charge < -0.3 is 20.1 Å². The summed E-state index contributed by atoms with van der Waals surface area (Å²) >= 11 is 3.45. The van der Waals surface area contributed by atoms with Crippen molar-refractivity contribution in [3.05, 3.63) is 0 Å². The van der Waals surface area contributed by atoms with Gasteiger partial charge in [0, 0.05) is 24.5 Å². The zero-order valence-electron chi connectivity index (χ0n) is 13.4. The Bertz CT molecular complexity index is 494. The molecule has 2 N–H and O–H groups in total. The summed E-state index contributed by atoms with van der Waals surface area (Å²) in [6.07, 6.45) is -0.255. The van der Waals surface area contributed by atoms with Crippen LogP contribution in [0.15, 0.2) is 0 Å². The summed E-state index contributed by atoms with van der Waals surface area (Å²) in [6.45, 7) is 4.00. The summed E-state index contributed by atoms with van der Waals surface area (Å²) in [4.78, 5) is 37.4. The molecule has 0 bridgehead atoms. The molecule has 2 rings (SSSR count). The molecule has 1 unspecified atom stereocenters. The van der Waals surface area contributed by atoms with Crippen LogP contribution in [0.5, 0.6) is 0 Å². The highest BCUT2D eigenvalue weighted by Crippen LogP contribution is 2.51. The van der Waals surface area contributed by atoms with Gasteiger partial charge in [-0.1, -0.05) is 13.8 Å². The highest BCUT2D eigenvalue weighted by molar-refractivity contribution is 8.21. The van der Waals surface area contributed by atoms with E-state index in [4.69, 9.17) is 0 Å². The molecule has 1 spiro atoms. The molecule has 2 saturated heterocycles. The van der Waals surface area contributed by atoms with E-state index >= 15 is 0 Å². The number of ether oxygens (including phenoxy) is 1. The number of amides is 2. The molecular weight excluding hydrogens is 340 g/mol. The standard InChI is InChI=1S/C14H22N2O5S2/c1-8(2)10(15-13(20)21-3)11(17)16-7-14(22-4-5-23-14)6-9(16)12(18)19/h8-10H,4-7H2,1-3H3,(H,15,20)(H,18,19)/t9?,10-/m0/s1. The smallest absolute Gasteiger partial charge is 0.407 e. The number of methoxy groups -OCH3 is 1. The van der Waals surface area contributed by atoms with E-state index in [2.05, 4.69) is 10.1 Å². The van der Waals surface area contributed by atoms with E-state index < -0.39 is 24.1 Å². The predicted molar refractivity (Wildman–Crippen MR) is 89.6 cm³/mol. The van der Waals surface area contributed by atoms with E-state index in [1.807, 2.05) is 0 Å². The van der Waals surface area contributed by atoms with Crippen molar-refractivity contribution in [1.82, 2.24) is 10.2 Å². The number of hydrogen-bond acceptors (Lipinski definition) is 6. The average molecular weight is 362 g/mol. The Morgan fingerprint density at radius 3 is 2.39 bits per heavy atom. The molecule has 0 radical (unpaired) electrons. The minimum atomic E-state index is -0.996. The molecule has 7 nitrogen and oxygen atoms in total. The number of likely N-dealkylation sites (tertiary alicyclic amines) is 1. The van der Waals surface area contributed by atoms with Crippen LogP contribution in [0.2, 0.25) is 0 Å². The molecule has 2 heterocycles. The maximum Gasteiger partial charge on any atom is 0.407 e. The molecule has 9 heteroatoms. The second-order valence-electron chi connectivity index (χ2n) is 5.99. The molecule has 0 aromatic carbocycles. The van der Waals surface area contributed by atoms with Gasteiger partial charge in [0.25, 0.3) is 0 Å². The van der Waals surface area contributed by atoms with Crippen LogP contribution < -0.4 is 5.32 Å². The van der Waals surface area contributed by atoms with Gasteiger partial charge in [-0.05, 0) is 5.92 Å². The molecule has 2 amide bonds. The van der Waals surface area contributed by atoms with Gasteiger partial charge in [0.15, 0.2) is 0 Å². The van der Waals surface area contributed by atoms with Gasteiger partial charge in [-0.25, -0.2) is 9.59 Å². The minimum Gasteiger partial charge on any atom is -0.480 e. The maximum atomic E-state index is 12.9. The maximum absolute atomic E-state index is 12.9. The molecular formula is C14H22N2O5S2. The number of carbonyl (C=O) groups excluding carboxylic acids is 2. The van der Waals surface area contributed by atoms with Crippen LogP contribution in [0, 0.1) is 5.92 Å². The predicted octanol–water partition coefficient (Wildman–Crippen LogP) is 1.23. The molecule has 0 aromatic rings. The lowest BCUT2D eigenvalue weighted by Crippen LogP contribution is -2.54. The second-order valence-corrected chi connectivity index (χ2v) is 9.20. The van der Waals surface area contributed by atoms with E-state index in [9.17, 15) is 19.5 Å². The number of thioether (sulfide) groups is 2. The Morgan fingerprint density at radius 1 is 1.30 bits per heavy atom. The van der Waals surface area contributed by atoms with Gasteiger partial charge in [-0.2, -0.15) is 0 Å². The highest BCUT2D eigenvalue weighted by atomic mass is 32.2. The molecule has 130 valence electrons. The molecule has 2 fully saturated rings. The van der Waals surface area contributed by atoms with Gasteiger partial charge in [0.05, 0.1) is 11.2 Å². The number of alkyl carbamates (subject to hydrolysis) is 1. The lowest BCUT2D eigenvalue weighted by molar-refractivity contribution is -0.149. The Labute approximate surface area is 143 Å². The third-order valence-corrected chi connectivity index (χ3v) is 7.49. The van der Waals surface area contributed by atoms with Gasteiger partial charge >= 0.3 is 12.1 Å². The lowest BCUT2D eigenvalue weighted by Gasteiger charge is -2.29. The number of nitrogens with zero attached hydrogens (tertiary/aromatic N) is 1. The fraction of sp³-hybridized carbons (Fsp3) is 0.786. The topological polar surface area (TPSA) is 95.9 Å². The number of carboxylic acids is 1. The van der Waals surface area contributed by atoms with Crippen LogP contribution in [0.1, 0.15) is 20.3 Å². The van der Waals surface area contributed by atoms with Crippen molar-refractivity contribution in [1.29, 1.82) is 0 Å². The van der Waals surface area contributed by atoms with E-state index in [-0.39, 0.29) is 15.9 Å². The number of aliphatic carboxylic acids is 1. The first-order valence-corrected chi connectivity index (χ1v) is 9.42. The van der Waals surface area contributed by atoms with E-state index in [1.54, 1.807) is 37.4 Å². The third-order valence-electron chi connectivity index (χ3n) is 4.06. The van der Waals surface area contributed by atoms with Crippen molar-refractivity contribution >= 4 is 41.5 Å². The van der Waals surface area contributed by atoms with E-state index in [0.717, 1.165) is 11.5 Å². The van der Waals surface area contributed by atoms with Crippen LogP contribution in [0.25, 0.3) is 0 Å². The second kappa shape index (κ2) is 7.21. The quantitative estimate of drug-likeness (QED) is 0.776. The fourth-order valence-electron chi connectivity index (χ4n) is 2.88. The Balaban J connectivity index is 2.19. The van der Waals surface area contributed by atoms with E-state index in [1.165, 1.54) is 12.0 Å². The van der Waals surface area contributed by atoms with Gasteiger partial charge in [0.1, 0.15) is 12.1 Å². The first-order valence-electron chi connectivity index (χ1n) is 7.45. The molecule has 0 saturated carbocycles. The summed E-state index contributed by atoms with van der Waals surface area (Å²) in [6, 6.07) is -1.64. The first kappa shape index (κ1) is 18.3. The minimum absolute atomic E-state index is 0.170. The summed E-state index contributed by atoms with van der Waals surface area (Å²) < 4.78 is 4.34. The highest BCUT2D eigenvalue weighted by Gasteiger charge is 2.52. The fourth-order valence-corrected chi connectivity index (χ4v) is 6.13. The monoisotopic (exact) mass is 362 g/mol. The lowest BCUT2D eigenvalue weighted by atomic mass is 10.0. The molecule has 23 heavy (non-hydrogen) atoms. The summed E-state index contributed by atoms with van der Waals surface area (Å²) in [5, 5.41) is 12.0. The van der Waals surface area contributed by atoms with Gasteiger partial charge in [0.2, 0.25) is 5.91 Å². The number of carboxylic acid groups (broad SMARTS) is 1. The van der Waals surface area contributed by atoms with Crippen LogP contribution in [0.3, 0.4) is 0 Å². The van der Waals surface area contributed by atoms with Crippen LogP contribution in [-0.2, 0) is 14.3 Å². The van der Waals surface area contributed by atoms with Crippen molar-refractivity contribution in [2.75, 3.05) is 25.2 Å². The Kier molecular flexibility index (Phi) is 5.72. The Morgan fingerprint density at radius 2 is 1.91 bits per heavy atom. The molecule has 0 aromatic heterocycles. The van der Waals surface area contributed by atoms with Crippen molar-refractivity contribution in [3.8, 4) is 0 Å². The Hall–Kier alpha value is -1.09. The molecule has 2 atom stereocenters. The zero-order valence-corrected chi connectivity index (χ0v) is 15.0. The summed E-state index contributed by atoms with van der Waals surface area (Å²) in [5.41, 5.74) is 0. The normalized spacial score (nSPS) is 24.0. The van der Waals surface area contributed by atoms with Crippen molar-refractivity contribution in [2.45, 2.75) is 36.4 Å². The number of nitrogens with one attached hydrogen (secondary N) is 1. The third kappa shape index (κ3) is 3.88. The van der Waals surface area contributed by atoms with Crippen LogP contribution >= 0.6 is 23.5 Å². The average Bonchev–Trinajstić information content (AvgIpc) is 3.11. The van der Waals surface area contributed by atoms with Crippen LogP contribution in [-0.4, -0.2) is 69.3 Å². The van der Waals surface area contributed by atoms with Gasteiger partial charge in [-0.3, -0.25) is 4.79 Å². The molecule has 2 aliphatic rings. The number of rotatable bonds is 4. The summed E-state index contributed by atoms with van der Waals surface area (Å²) in [7, 11) is 1.23. The molecule has 0 aliphatic carbocycles. The van der Waals surface area contributed by atoms with Crippen molar-refractivity contribution in [2.24, 2.45) is 5.92 Å².